The van der Waals surface area contributed by atoms with Crippen molar-refractivity contribution in [1.82, 2.24) is 25.3 Å². The quantitative estimate of drug-likeness (QED) is 0.457. The number of amides is 2. The van der Waals surface area contributed by atoms with Gasteiger partial charge in [0, 0.05) is 71.7 Å². The van der Waals surface area contributed by atoms with Gasteiger partial charge in [0.05, 0.1) is 13.2 Å². The van der Waals surface area contributed by atoms with E-state index in [2.05, 4.69) is 25.4 Å². The first-order valence-electron chi connectivity index (χ1n) is 10.3. The van der Waals surface area contributed by atoms with Crippen LogP contribution < -0.4 is 10.6 Å². The van der Waals surface area contributed by atoms with Crippen molar-refractivity contribution >= 4 is 17.8 Å². The van der Waals surface area contributed by atoms with Crippen LogP contribution >= 0.6 is 0 Å². The highest BCUT2D eigenvalue weighted by molar-refractivity contribution is 5.85. The van der Waals surface area contributed by atoms with Crippen molar-refractivity contribution in [3.63, 3.8) is 0 Å². The number of guanidine groups is 1. The maximum absolute atomic E-state index is 12.0. The van der Waals surface area contributed by atoms with Crippen LogP contribution in [0.15, 0.2) is 4.99 Å². The largest absolute Gasteiger partial charge is 0.379 e. The van der Waals surface area contributed by atoms with Crippen LogP contribution in [0.3, 0.4) is 0 Å². The van der Waals surface area contributed by atoms with Gasteiger partial charge in [-0.3, -0.25) is 14.5 Å². The van der Waals surface area contributed by atoms with Crippen LogP contribution in [0.5, 0.6) is 0 Å². The van der Waals surface area contributed by atoms with Gasteiger partial charge in [0.25, 0.3) is 0 Å². The third-order valence-corrected chi connectivity index (χ3v) is 5.83. The predicted octanol–water partition coefficient (Wildman–Crippen LogP) is -1.05. The van der Waals surface area contributed by atoms with Crippen LogP contribution in [-0.4, -0.2) is 112 Å². The predicted molar refractivity (Wildman–Crippen MR) is 107 cm³/mol. The highest BCUT2D eigenvalue weighted by Crippen LogP contribution is 2.35. The van der Waals surface area contributed by atoms with Crippen LogP contribution in [0.1, 0.15) is 19.3 Å². The third-order valence-electron chi connectivity index (χ3n) is 5.83. The third kappa shape index (κ3) is 5.57. The van der Waals surface area contributed by atoms with E-state index in [0.29, 0.717) is 6.42 Å². The maximum atomic E-state index is 12.0. The Morgan fingerprint density at radius 2 is 2.11 bits per heavy atom. The highest BCUT2D eigenvalue weighted by atomic mass is 16.5. The van der Waals surface area contributed by atoms with Gasteiger partial charge in [-0.25, -0.2) is 4.99 Å². The molecule has 9 nitrogen and oxygen atoms in total. The zero-order valence-electron chi connectivity index (χ0n) is 17.2. The van der Waals surface area contributed by atoms with Crippen molar-refractivity contribution in [1.29, 1.82) is 0 Å². The fourth-order valence-corrected chi connectivity index (χ4v) is 4.13. The van der Waals surface area contributed by atoms with Crippen molar-refractivity contribution in [3.05, 3.63) is 0 Å². The summed E-state index contributed by atoms with van der Waals surface area (Å²) in [6.45, 7) is 7.73. The Kier molecular flexibility index (Phi) is 7.12. The Bertz CT molecular complexity index is 590. The van der Waals surface area contributed by atoms with E-state index in [1.165, 1.54) is 0 Å². The van der Waals surface area contributed by atoms with Crippen LogP contribution in [-0.2, 0) is 14.3 Å². The first kappa shape index (κ1) is 20.9. The van der Waals surface area contributed by atoms with Crippen molar-refractivity contribution in [3.8, 4) is 0 Å². The Hall–Kier alpha value is -1.87. The SMILES string of the molecule is CN(C)C(=O)CN=C(NCCN1CCOCC1)N1CCCC2(CNC(=O)C2)C1. The van der Waals surface area contributed by atoms with Crippen LogP contribution in [0.2, 0.25) is 0 Å². The number of aliphatic imine (C=N–C) groups is 1. The number of nitrogens with zero attached hydrogens (tertiary/aromatic N) is 4. The van der Waals surface area contributed by atoms with Gasteiger partial charge >= 0.3 is 0 Å². The van der Waals surface area contributed by atoms with E-state index >= 15 is 0 Å². The summed E-state index contributed by atoms with van der Waals surface area (Å²) in [6, 6.07) is 0. The number of ether oxygens (including phenoxy) is 1. The molecule has 0 aromatic heterocycles. The number of nitrogens with one attached hydrogen (secondary N) is 2. The fourth-order valence-electron chi connectivity index (χ4n) is 4.13. The number of likely N-dealkylation sites (N-methyl/N-ethyl adjacent to an activating group) is 1. The summed E-state index contributed by atoms with van der Waals surface area (Å²) in [5.74, 6) is 0.905. The Balaban J connectivity index is 1.61. The molecule has 158 valence electrons. The molecular weight excluding hydrogens is 360 g/mol. The number of morpholine rings is 1. The fraction of sp³-hybridized carbons (Fsp3) is 0.842. The number of hydrogen-bond donors (Lipinski definition) is 2. The number of piperidine rings is 1. The Morgan fingerprint density at radius 3 is 2.79 bits per heavy atom. The first-order chi connectivity index (χ1) is 13.5. The van der Waals surface area contributed by atoms with Gasteiger partial charge in [0.15, 0.2) is 5.96 Å². The molecule has 3 fully saturated rings. The molecule has 0 bridgehead atoms. The molecule has 3 aliphatic rings. The molecular formula is C19H34N6O3. The number of carbonyl (C=O) groups excluding carboxylic acids is 2. The smallest absolute Gasteiger partial charge is 0.243 e. The van der Waals surface area contributed by atoms with E-state index in [-0.39, 0.29) is 23.8 Å². The summed E-state index contributed by atoms with van der Waals surface area (Å²) >= 11 is 0. The maximum Gasteiger partial charge on any atom is 0.243 e. The van der Waals surface area contributed by atoms with Gasteiger partial charge in [0.1, 0.15) is 6.54 Å². The average Bonchev–Trinajstić information content (AvgIpc) is 3.04. The molecule has 0 aliphatic carbocycles. The van der Waals surface area contributed by atoms with E-state index in [1.807, 2.05) is 0 Å². The standard InChI is InChI=1S/C19H34N6O3/c1-23(2)17(27)13-21-18(20-5-7-24-8-10-28-11-9-24)25-6-3-4-19(15-25)12-16(26)22-14-19/h3-15H2,1-2H3,(H,20,21)(H,22,26). The van der Waals surface area contributed by atoms with E-state index in [1.54, 1.807) is 19.0 Å². The van der Waals surface area contributed by atoms with Crippen molar-refractivity contribution in [2.24, 2.45) is 10.4 Å². The highest BCUT2D eigenvalue weighted by Gasteiger charge is 2.42. The molecule has 0 aromatic rings. The van der Waals surface area contributed by atoms with Gasteiger partial charge in [-0.05, 0) is 12.8 Å². The summed E-state index contributed by atoms with van der Waals surface area (Å²) in [7, 11) is 3.49. The molecule has 3 aliphatic heterocycles. The molecule has 0 aromatic carbocycles. The van der Waals surface area contributed by atoms with Gasteiger partial charge < -0.3 is 25.2 Å². The van der Waals surface area contributed by atoms with Crippen LogP contribution in [0.4, 0.5) is 0 Å². The summed E-state index contributed by atoms with van der Waals surface area (Å²) in [5.41, 5.74) is -0.00640. The van der Waals surface area contributed by atoms with Crippen molar-refractivity contribution < 1.29 is 14.3 Å². The molecule has 2 amide bonds. The summed E-state index contributed by atoms with van der Waals surface area (Å²) < 4.78 is 5.40. The molecule has 3 saturated heterocycles. The molecule has 1 spiro atoms. The molecule has 2 N–H and O–H groups in total. The van der Waals surface area contributed by atoms with Crippen molar-refractivity contribution in [2.45, 2.75) is 19.3 Å². The lowest BCUT2D eigenvalue weighted by atomic mass is 9.79. The lowest BCUT2D eigenvalue weighted by Crippen LogP contribution is -2.52. The molecule has 0 saturated carbocycles. The van der Waals surface area contributed by atoms with Crippen LogP contribution in [0.25, 0.3) is 0 Å². The van der Waals surface area contributed by atoms with E-state index in [4.69, 9.17) is 4.74 Å². The molecule has 0 radical (unpaired) electrons. The van der Waals surface area contributed by atoms with Gasteiger partial charge in [-0.1, -0.05) is 0 Å². The molecule has 28 heavy (non-hydrogen) atoms. The average molecular weight is 395 g/mol. The van der Waals surface area contributed by atoms with E-state index < -0.39 is 0 Å². The number of hydrogen-bond acceptors (Lipinski definition) is 5. The van der Waals surface area contributed by atoms with Crippen molar-refractivity contribution in [2.75, 3.05) is 79.7 Å². The van der Waals surface area contributed by atoms with E-state index in [0.717, 1.165) is 77.8 Å². The minimum absolute atomic E-state index is 0.00640. The molecule has 1 atom stereocenters. The zero-order chi connectivity index (χ0) is 20.0. The first-order valence-corrected chi connectivity index (χ1v) is 10.3. The summed E-state index contributed by atoms with van der Waals surface area (Å²) in [4.78, 5) is 34.6. The molecule has 1 unspecified atom stereocenters. The second kappa shape index (κ2) is 9.56. The minimum atomic E-state index is -0.0167. The number of likely N-dealkylation sites (tertiary alicyclic amines) is 1. The topological polar surface area (TPSA) is 89.5 Å². The van der Waals surface area contributed by atoms with Gasteiger partial charge in [-0.2, -0.15) is 0 Å². The summed E-state index contributed by atoms with van der Waals surface area (Å²) in [6.07, 6.45) is 2.67. The molecule has 3 heterocycles. The van der Waals surface area contributed by atoms with Crippen LogP contribution in [0, 0.1) is 5.41 Å². The molecule has 3 rings (SSSR count). The Morgan fingerprint density at radius 1 is 1.32 bits per heavy atom. The number of rotatable bonds is 5. The minimum Gasteiger partial charge on any atom is -0.379 e. The number of carbonyl (C=O) groups is 2. The summed E-state index contributed by atoms with van der Waals surface area (Å²) in [5, 5.41) is 6.45. The second-order valence-electron chi connectivity index (χ2n) is 8.29. The van der Waals surface area contributed by atoms with Gasteiger partial charge in [-0.15, -0.1) is 0 Å². The lowest BCUT2D eigenvalue weighted by molar-refractivity contribution is -0.127. The normalized spacial score (nSPS) is 26.4. The molecule has 9 heteroatoms. The lowest BCUT2D eigenvalue weighted by Gasteiger charge is -2.41. The monoisotopic (exact) mass is 394 g/mol. The second-order valence-corrected chi connectivity index (χ2v) is 8.29. The Labute approximate surface area is 167 Å². The van der Waals surface area contributed by atoms with E-state index in [9.17, 15) is 9.59 Å². The van der Waals surface area contributed by atoms with Gasteiger partial charge in [0.2, 0.25) is 11.8 Å². The zero-order valence-corrected chi connectivity index (χ0v) is 17.2.